The molecule has 1 aromatic carbocycles. The summed E-state index contributed by atoms with van der Waals surface area (Å²) in [5, 5.41) is 0.825. The van der Waals surface area contributed by atoms with Crippen molar-refractivity contribution in [3.8, 4) is 0 Å². The number of likely N-dealkylation sites (tertiary alicyclic amines) is 1. The Morgan fingerprint density at radius 1 is 1.30 bits per heavy atom. The molecule has 0 aliphatic carbocycles. The summed E-state index contributed by atoms with van der Waals surface area (Å²) in [7, 11) is 0. The third kappa shape index (κ3) is 3.87. The number of fused-ring (bicyclic) bond motifs is 1. The van der Waals surface area contributed by atoms with Gasteiger partial charge in [0.1, 0.15) is 6.61 Å². The van der Waals surface area contributed by atoms with E-state index in [2.05, 4.69) is 24.8 Å². The Kier molecular flexibility index (Phi) is 5.24. The summed E-state index contributed by atoms with van der Waals surface area (Å²) >= 11 is 6.29. The summed E-state index contributed by atoms with van der Waals surface area (Å²) in [5.41, 5.74) is 1.17. The first-order valence-corrected chi connectivity index (χ1v) is 8.79. The van der Waals surface area contributed by atoms with Crippen molar-refractivity contribution in [1.29, 1.82) is 0 Å². The van der Waals surface area contributed by atoms with Gasteiger partial charge in [-0.15, -0.1) is 0 Å². The second-order valence-electron chi connectivity index (χ2n) is 6.86. The van der Waals surface area contributed by atoms with E-state index in [-0.39, 0.29) is 24.7 Å². The molecular formula is C18H25ClN2O2. The van der Waals surface area contributed by atoms with E-state index in [9.17, 15) is 4.79 Å². The van der Waals surface area contributed by atoms with Crippen molar-refractivity contribution in [2.45, 2.75) is 39.0 Å². The zero-order valence-electron chi connectivity index (χ0n) is 13.9. The molecule has 23 heavy (non-hydrogen) atoms. The van der Waals surface area contributed by atoms with Crippen LogP contribution >= 0.6 is 11.6 Å². The smallest absolute Gasteiger partial charge is 0.248 e. The van der Waals surface area contributed by atoms with Crippen molar-refractivity contribution in [3.05, 3.63) is 34.9 Å². The summed E-state index contributed by atoms with van der Waals surface area (Å²) < 4.78 is 5.88. The lowest BCUT2D eigenvalue weighted by Gasteiger charge is -2.38. The van der Waals surface area contributed by atoms with Crippen molar-refractivity contribution < 1.29 is 9.53 Å². The number of carbonyl (C=O) groups excluding carboxylic acids is 1. The maximum atomic E-state index is 12.2. The van der Waals surface area contributed by atoms with Gasteiger partial charge in [0.15, 0.2) is 0 Å². The molecule has 0 radical (unpaired) electrons. The van der Waals surface area contributed by atoms with Gasteiger partial charge in [0.25, 0.3) is 0 Å². The lowest BCUT2D eigenvalue weighted by Crippen LogP contribution is -2.48. The highest BCUT2D eigenvalue weighted by molar-refractivity contribution is 6.31. The second kappa shape index (κ2) is 7.20. The number of nitrogens with zero attached hydrogens (tertiary/aromatic N) is 2. The summed E-state index contributed by atoms with van der Waals surface area (Å²) in [5.74, 6) is 0.493. The molecule has 2 aliphatic heterocycles. The lowest BCUT2D eigenvalue weighted by atomic mass is 9.93. The van der Waals surface area contributed by atoms with E-state index in [0.29, 0.717) is 5.92 Å². The number of halogens is 1. The second-order valence-corrected chi connectivity index (χ2v) is 7.27. The Labute approximate surface area is 143 Å². The van der Waals surface area contributed by atoms with Crippen LogP contribution in [0.3, 0.4) is 0 Å². The third-order valence-electron chi connectivity index (χ3n) is 4.90. The van der Waals surface area contributed by atoms with Crippen LogP contribution in [0.25, 0.3) is 0 Å². The third-order valence-corrected chi connectivity index (χ3v) is 5.26. The first-order valence-electron chi connectivity index (χ1n) is 8.41. The standard InChI is InChI=1S/C18H25ClN2O2/c1-13(2)21-11-15-10-20(8-7-17(15)23-12-18(21)22)9-14-5-3-4-6-16(14)19/h3-6,13,15,17H,7-12H2,1-2H3/t15-,17+/m1/s1. The van der Waals surface area contributed by atoms with Crippen LogP contribution in [-0.2, 0) is 16.1 Å². The number of hydrogen-bond acceptors (Lipinski definition) is 3. The van der Waals surface area contributed by atoms with Gasteiger partial charge in [-0.3, -0.25) is 9.69 Å². The highest BCUT2D eigenvalue weighted by Gasteiger charge is 2.36. The average molecular weight is 337 g/mol. The fraction of sp³-hybridized carbons (Fsp3) is 0.611. The van der Waals surface area contributed by atoms with Crippen LogP contribution in [0.15, 0.2) is 24.3 Å². The molecule has 2 fully saturated rings. The van der Waals surface area contributed by atoms with Crippen molar-refractivity contribution in [2.24, 2.45) is 5.92 Å². The summed E-state index contributed by atoms with van der Waals surface area (Å²) in [6.45, 7) is 7.96. The molecule has 4 nitrogen and oxygen atoms in total. The molecule has 1 amide bonds. The quantitative estimate of drug-likeness (QED) is 0.851. The Balaban J connectivity index is 1.68. The van der Waals surface area contributed by atoms with Crippen molar-refractivity contribution in [2.75, 3.05) is 26.2 Å². The molecule has 0 bridgehead atoms. The van der Waals surface area contributed by atoms with Crippen LogP contribution in [0, 0.1) is 5.92 Å². The average Bonchev–Trinajstić information content (AvgIpc) is 2.69. The Morgan fingerprint density at radius 3 is 2.83 bits per heavy atom. The van der Waals surface area contributed by atoms with E-state index in [1.165, 1.54) is 5.56 Å². The predicted molar refractivity (Wildman–Crippen MR) is 91.4 cm³/mol. The molecule has 2 aliphatic rings. The predicted octanol–water partition coefficient (Wildman–Crippen LogP) is 2.80. The molecular weight excluding hydrogens is 312 g/mol. The first kappa shape index (κ1) is 16.7. The first-order chi connectivity index (χ1) is 11.0. The number of carbonyl (C=O) groups is 1. The maximum absolute atomic E-state index is 12.2. The fourth-order valence-electron chi connectivity index (χ4n) is 3.61. The minimum Gasteiger partial charge on any atom is -0.368 e. The van der Waals surface area contributed by atoms with Gasteiger partial charge in [0.2, 0.25) is 5.91 Å². The molecule has 0 spiro atoms. The van der Waals surface area contributed by atoms with E-state index < -0.39 is 0 Å². The maximum Gasteiger partial charge on any atom is 0.248 e. The van der Waals surface area contributed by atoms with Crippen LogP contribution in [0.4, 0.5) is 0 Å². The van der Waals surface area contributed by atoms with Crippen molar-refractivity contribution >= 4 is 17.5 Å². The highest BCUT2D eigenvalue weighted by Crippen LogP contribution is 2.27. The summed E-state index contributed by atoms with van der Waals surface area (Å²) in [6, 6.07) is 8.24. The number of benzene rings is 1. The minimum atomic E-state index is 0.118. The minimum absolute atomic E-state index is 0.118. The molecule has 0 aromatic heterocycles. The zero-order valence-corrected chi connectivity index (χ0v) is 14.6. The Bertz CT molecular complexity index is 564. The molecule has 2 heterocycles. The molecule has 3 rings (SSSR count). The van der Waals surface area contributed by atoms with Gasteiger partial charge < -0.3 is 9.64 Å². The van der Waals surface area contributed by atoms with E-state index in [1.807, 2.05) is 23.1 Å². The summed E-state index contributed by atoms with van der Waals surface area (Å²) in [6.07, 6.45) is 1.18. The molecule has 0 N–H and O–H groups in total. The Hall–Kier alpha value is -1.10. The van der Waals surface area contributed by atoms with Gasteiger partial charge in [0, 0.05) is 43.2 Å². The van der Waals surface area contributed by atoms with Crippen LogP contribution in [0.2, 0.25) is 5.02 Å². The SMILES string of the molecule is CC(C)N1C[C@H]2CN(Cc3ccccc3Cl)CC[C@@H]2OCC1=O. The van der Waals surface area contributed by atoms with Gasteiger partial charge in [0.05, 0.1) is 6.10 Å². The van der Waals surface area contributed by atoms with Gasteiger partial charge in [-0.05, 0) is 31.9 Å². The van der Waals surface area contributed by atoms with Gasteiger partial charge >= 0.3 is 0 Å². The van der Waals surface area contributed by atoms with Crippen LogP contribution in [0.1, 0.15) is 25.8 Å². The Morgan fingerprint density at radius 2 is 2.09 bits per heavy atom. The van der Waals surface area contributed by atoms with E-state index in [4.69, 9.17) is 16.3 Å². The molecule has 0 unspecified atom stereocenters. The number of amides is 1. The number of ether oxygens (including phenoxy) is 1. The van der Waals surface area contributed by atoms with Crippen LogP contribution in [0.5, 0.6) is 0 Å². The highest BCUT2D eigenvalue weighted by atomic mass is 35.5. The number of piperidine rings is 1. The fourth-order valence-corrected chi connectivity index (χ4v) is 3.80. The van der Waals surface area contributed by atoms with Crippen LogP contribution in [-0.4, -0.2) is 54.1 Å². The largest absolute Gasteiger partial charge is 0.368 e. The van der Waals surface area contributed by atoms with E-state index in [1.54, 1.807) is 0 Å². The lowest BCUT2D eigenvalue weighted by molar-refractivity contribution is -0.136. The van der Waals surface area contributed by atoms with Crippen molar-refractivity contribution in [1.82, 2.24) is 9.80 Å². The van der Waals surface area contributed by atoms with Gasteiger partial charge in [-0.1, -0.05) is 29.8 Å². The van der Waals surface area contributed by atoms with Gasteiger partial charge in [-0.2, -0.15) is 0 Å². The molecule has 2 atom stereocenters. The number of hydrogen-bond donors (Lipinski definition) is 0. The molecule has 5 heteroatoms. The van der Waals surface area contributed by atoms with Crippen molar-refractivity contribution in [3.63, 3.8) is 0 Å². The normalized spacial score (nSPS) is 26.3. The molecule has 2 saturated heterocycles. The number of rotatable bonds is 3. The summed E-state index contributed by atoms with van der Waals surface area (Å²) in [4.78, 5) is 16.6. The van der Waals surface area contributed by atoms with Crippen LogP contribution < -0.4 is 0 Å². The topological polar surface area (TPSA) is 32.8 Å². The monoisotopic (exact) mass is 336 g/mol. The van der Waals surface area contributed by atoms with E-state index >= 15 is 0 Å². The van der Waals surface area contributed by atoms with Gasteiger partial charge in [-0.25, -0.2) is 0 Å². The van der Waals surface area contributed by atoms with E-state index in [0.717, 1.165) is 37.6 Å². The molecule has 0 saturated carbocycles. The molecule has 1 aromatic rings. The molecule has 126 valence electrons. The zero-order chi connectivity index (χ0) is 16.4.